The Morgan fingerprint density at radius 2 is 1.74 bits per heavy atom. The number of aliphatic carboxylic acids is 1. The van der Waals surface area contributed by atoms with E-state index in [1.807, 2.05) is 18.2 Å². The molecule has 38 heavy (non-hydrogen) atoms. The summed E-state index contributed by atoms with van der Waals surface area (Å²) in [7, 11) is 0. The van der Waals surface area contributed by atoms with Crippen molar-refractivity contribution in [2.45, 2.75) is 59.0 Å². The van der Waals surface area contributed by atoms with Crippen LogP contribution in [0, 0.1) is 11.8 Å². The van der Waals surface area contributed by atoms with E-state index in [4.69, 9.17) is 23.2 Å². The summed E-state index contributed by atoms with van der Waals surface area (Å²) >= 11 is 12.4. The molecule has 7 nitrogen and oxygen atoms in total. The van der Waals surface area contributed by atoms with Gasteiger partial charge in [-0.3, -0.25) is 9.59 Å². The zero-order chi connectivity index (χ0) is 27.7. The molecular formula is C29H37Cl2N3O4. The van der Waals surface area contributed by atoms with Crippen molar-refractivity contribution in [1.29, 1.82) is 0 Å². The molecule has 2 atom stereocenters. The summed E-state index contributed by atoms with van der Waals surface area (Å²) in [6, 6.07) is 12.2. The van der Waals surface area contributed by atoms with E-state index in [0.29, 0.717) is 41.2 Å². The lowest BCUT2D eigenvalue weighted by molar-refractivity contribution is -0.138. The quantitative estimate of drug-likeness (QED) is 0.293. The number of nitrogens with one attached hydrogen (secondary N) is 1. The maximum Gasteiger partial charge on any atom is 0.320 e. The van der Waals surface area contributed by atoms with Crippen LogP contribution in [0.1, 0.15) is 67.4 Å². The fourth-order valence-electron chi connectivity index (χ4n) is 4.89. The maximum absolute atomic E-state index is 13.5. The zero-order valence-corrected chi connectivity index (χ0v) is 23.6. The Labute approximate surface area is 235 Å². The highest BCUT2D eigenvalue weighted by Crippen LogP contribution is 2.27. The third-order valence-corrected chi connectivity index (χ3v) is 7.64. The van der Waals surface area contributed by atoms with Gasteiger partial charge in [-0.1, -0.05) is 80.6 Å². The molecule has 0 radical (unpaired) electrons. The van der Waals surface area contributed by atoms with Gasteiger partial charge in [0.05, 0.1) is 6.42 Å². The molecule has 2 aromatic carbocycles. The second-order valence-corrected chi connectivity index (χ2v) is 10.9. The standard InChI is InChI=1S/C29H37Cl2N3O4/c1-3-5-8-20(4-2)15-32-28(37)25-10-7-6-9-22(25)18-33-16-21(13-27(35)36)17-34(29(33)38)19-23-11-12-24(30)14-26(23)31/h6-7,9-12,14,20-21H,3-5,8,13,15-19H2,1-2H3,(H,32,37)(H,35,36). The molecular weight excluding hydrogens is 525 g/mol. The SMILES string of the molecule is CCCCC(CC)CNC(=O)c1ccccc1CN1CC(CC(=O)O)CN(Cc2ccc(Cl)cc2Cl)C1=O. The molecule has 0 aliphatic carbocycles. The van der Waals surface area contributed by atoms with Gasteiger partial charge in [-0.2, -0.15) is 0 Å². The van der Waals surface area contributed by atoms with Gasteiger partial charge in [-0.15, -0.1) is 0 Å². The number of unbranched alkanes of at least 4 members (excludes halogenated alkanes) is 1. The normalized spacial score (nSPS) is 16.4. The van der Waals surface area contributed by atoms with E-state index in [1.165, 1.54) is 0 Å². The molecule has 3 rings (SSSR count). The van der Waals surface area contributed by atoms with Crippen LogP contribution in [0.3, 0.4) is 0 Å². The molecule has 0 bridgehead atoms. The third kappa shape index (κ3) is 8.37. The predicted octanol–water partition coefficient (Wildman–Crippen LogP) is 6.47. The van der Waals surface area contributed by atoms with Gasteiger partial charge in [0.25, 0.3) is 5.91 Å². The van der Waals surface area contributed by atoms with E-state index < -0.39 is 5.97 Å². The van der Waals surface area contributed by atoms with E-state index in [2.05, 4.69) is 19.2 Å². The van der Waals surface area contributed by atoms with Gasteiger partial charge in [-0.05, 0) is 41.7 Å². The number of halogens is 2. The Bertz CT molecular complexity index is 1130. The van der Waals surface area contributed by atoms with Gasteiger partial charge in [0, 0.05) is 54.3 Å². The topological polar surface area (TPSA) is 89.9 Å². The van der Waals surface area contributed by atoms with Gasteiger partial charge in [0.2, 0.25) is 0 Å². The average Bonchev–Trinajstić information content (AvgIpc) is 2.88. The number of hydrogen-bond donors (Lipinski definition) is 2. The van der Waals surface area contributed by atoms with Gasteiger partial charge < -0.3 is 20.2 Å². The Morgan fingerprint density at radius 1 is 1.05 bits per heavy atom. The largest absolute Gasteiger partial charge is 0.481 e. The summed E-state index contributed by atoms with van der Waals surface area (Å²) in [5.74, 6) is -0.907. The molecule has 0 aromatic heterocycles. The summed E-state index contributed by atoms with van der Waals surface area (Å²) in [6.45, 7) is 5.95. The molecule has 2 aromatic rings. The molecule has 2 N–H and O–H groups in total. The molecule has 9 heteroatoms. The minimum Gasteiger partial charge on any atom is -0.481 e. The maximum atomic E-state index is 13.5. The summed E-state index contributed by atoms with van der Waals surface area (Å²) < 4.78 is 0. The van der Waals surface area contributed by atoms with Crippen molar-refractivity contribution >= 4 is 41.1 Å². The van der Waals surface area contributed by atoms with Crippen LogP contribution in [0.4, 0.5) is 4.79 Å². The third-order valence-electron chi connectivity index (χ3n) is 7.06. The number of nitrogens with zero attached hydrogens (tertiary/aromatic N) is 2. The first-order valence-electron chi connectivity index (χ1n) is 13.3. The number of urea groups is 1. The van der Waals surface area contributed by atoms with Crippen LogP contribution >= 0.6 is 23.2 Å². The van der Waals surface area contributed by atoms with Crippen LogP contribution < -0.4 is 5.32 Å². The number of hydrogen-bond acceptors (Lipinski definition) is 3. The molecule has 3 amide bonds. The van der Waals surface area contributed by atoms with Crippen molar-refractivity contribution in [3.63, 3.8) is 0 Å². The van der Waals surface area contributed by atoms with Crippen molar-refractivity contribution in [2.75, 3.05) is 19.6 Å². The lowest BCUT2D eigenvalue weighted by Crippen LogP contribution is -2.53. The highest BCUT2D eigenvalue weighted by Gasteiger charge is 2.33. The molecule has 0 spiro atoms. The number of carboxylic acid groups (broad SMARTS) is 1. The predicted molar refractivity (Wildman–Crippen MR) is 151 cm³/mol. The van der Waals surface area contributed by atoms with Gasteiger partial charge in [0.1, 0.15) is 0 Å². The average molecular weight is 563 g/mol. The minimum absolute atomic E-state index is 0.0626. The van der Waals surface area contributed by atoms with Crippen molar-refractivity contribution in [1.82, 2.24) is 15.1 Å². The Balaban J connectivity index is 1.77. The van der Waals surface area contributed by atoms with Crippen molar-refractivity contribution in [3.05, 3.63) is 69.2 Å². The van der Waals surface area contributed by atoms with Crippen molar-refractivity contribution in [3.8, 4) is 0 Å². The molecule has 2 unspecified atom stereocenters. The number of rotatable bonds is 13. The summed E-state index contributed by atoms with van der Waals surface area (Å²) in [5.41, 5.74) is 1.98. The first kappa shape index (κ1) is 29.8. The number of carboxylic acids is 1. The molecule has 1 heterocycles. The van der Waals surface area contributed by atoms with E-state index in [1.54, 1.807) is 34.1 Å². The minimum atomic E-state index is -0.915. The first-order chi connectivity index (χ1) is 18.2. The smallest absolute Gasteiger partial charge is 0.320 e. The van der Waals surface area contributed by atoms with Crippen LogP contribution in [-0.4, -0.2) is 52.4 Å². The summed E-state index contributed by atoms with van der Waals surface area (Å²) in [5, 5.41) is 13.5. The Kier molecular flexibility index (Phi) is 11.3. The van der Waals surface area contributed by atoms with Gasteiger partial charge in [0.15, 0.2) is 0 Å². The summed E-state index contributed by atoms with van der Waals surface area (Å²) in [6.07, 6.45) is 4.28. The molecule has 1 saturated heterocycles. The molecule has 1 fully saturated rings. The number of benzene rings is 2. The molecule has 1 aliphatic rings. The fraction of sp³-hybridized carbons (Fsp3) is 0.483. The van der Waals surface area contributed by atoms with Gasteiger partial charge in [-0.25, -0.2) is 4.79 Å². The Morgan fingerprint density at radius 3 is 2.37 bits per heavy atom. The van der Waals surface area contributed by atoms with E-state index >= 15 is 0 Å². The Hall–Kier alpha value is -2.77. The number of amides is 3. The van der Waals surface area contributed by atoms with E-state index in [0.717, 1.165) is 36.8 Å². The second kappa shape index (κ2) is 14.4. The molecule has 1 aliphatic heterocycles. The van der Waals surface area contributed by atoms with E-state index in [-0.39, 0.29) is 37.4 Å². The molecule has 0 saturated carbocycles. The second-order valence-electron chi connectivity index (χ2n) is 10.0. The first-order valence-corrected chi connectivity index (χ1v) is 14.0. The van der Waals surface area contributed by atoms with Crippen LogP contribution in [-0.2, 0) is 17.9 Å². The molecule has 206 valence electrons. The van der Waals surface area contributed by atoms with Crippen LogP contribution in [0.2, 0.25) is 10.0 Å². The van der Waals surface area contributed by atoms with Crippen LogP contribution in [0.25, 0.3) is 0 Å². The highest BCUT2D eigenvalue weighted by atomic mass is 35.5. The summed E-state index contributed by atoms with van der Waals surface area (Å²) in [4.78, 5) is 41.4. The zero-order valence-electron chi connectivity index (χ0n) is 22.1. The highest BCUT2D eigenvalue weighted by molar-refractivity contribution is 6.35. The van der Waals surface area contributed by atoms with Crippen LogP contribution in [0.15, 0.2) is 42.5 Å². The number of carbonyl (C=O) groups is 3. The van der Waals surface area contributed by atoms with Crippen molar-refractivity contribution in [2.24, 2.45) is 11.8 Å². The number of carbonyl (C=O) groups excluding carboxylic acids is 2. The van der Waals surface area contributed by atoms with Crippen molar-refractivity contribution < 1.29 is 19.5 Å². The van der Waals surface area contributed by atoms with Gasteiger partial charge >= 0.3 is 12.0 Å². The lowest BCUT2D eigenvalue weighted by atomic mass is 9.98. The fourth-order valence-corrected chi connectivity index (χ4v) is 5.36. The van der Waals surface area contributed by atoms with E-state index in [9.17, 15) is 19.5 Å². The lowest BCUT2D eigenvalue weighted by Gasteiger charge is -2.40. The van der Waals surface area contributed by atoms with Crippen LogP contribution in [0.5, 0.6) is 0 Å². The monoisotopic (exact) mass is 561 g/mol.